The summed E-state index contributed by atoms with van der Waals surface area (Å²) in [4.78, 5) is 0. The molecule has 1 rings (SSSR count). The summed E-state index contributed by atoms with van der Waals surface area (Å²) in [6.45, 7) is 3.02. The lowest BCUT2D eigenvalue weighted by atomic mass is 10.3. The molecule has 1 atom stereocenters. The number of nitrogens with one attached hydrogen (secondary N) is 2. The van der Waals surface area contributed by atoms with E-state index in [1.165, 1.54) is 0 Å². The summed E-state index contributed by atoms with van der Waals surface area (Å²) in [5.41, 5.74) is 0. The molecule has 0 saturated carbocycles. The van der Waals surface area contributed by atoms with Crippen molar-refractivity contribution >= 4 is 0 Å². The van der Waals surface area contributed by atoms with Gasteiger partial charge in [0.25, 0.3) is 0 Å². The van der Waals surface area contributed by atoms with Crippen LogP contribution in [0.4, 0.5) is 0 Å². The van der Waals surface area contributed by atoms with Crippen molar-refractivity contribution in [3.05, 3.63) is 12.3 Å². The molecule has 1 heterocycles. The highest BCUT2D eigenvalue weighted by Crippen LogP contribution is 1.84. The Labute approximate surface area is 43.6 Å². The number of hydrogen-bond donors (Lipinski definition) is 2. The van der Waals surface area contributed by atoms with E-state index in [-0.39, 0.29) is 0 Å². The summed E-state index contributed by atoms with van der Waals surface area (Å²) in [6.07, 6.45) is 4.06. The molecule has 0 fully saturated rings. The van der Waals surface area contributed by atoms with Crippen LogP contribution in [0.5, 0.6) is 0 Å². The fourth-order valence-corrected chi connectivity index (χ4v) is 0.559. The molecule has 1 aliphatic rings. The lowest BCUT2D eigenvalue weighted by Crippen LogP contribution is -2.35. The second-order valence-corrected chi connectivity index (χ2v) is 1.73. The molecule has 7 heavy (non-hydrogen) atoms. The van der Waals surface area contributed by atoms with E-state index in [2.05, 4.69) is 23.6 Å². The van der Waals surface area contributed by atoms with Crippen LogP contribution in [0.25, 0.3) is 0 Å². The van der Waals surface area contributed by atoms with Gasteiger partial charge in [0, 0.05) is 6.04 Å². The van der Waals surface area contributed by atoms with Gasteiger partial charge in [-0.1, -0.05) is 6.08 Å². The summed E-state index contributed by atoms with van der Waals surface area (Å²) in [5.74, 6) is 0. The first-order valence-electron chi connectivity index (χ1n) is 2.53. The van der Waals surface area contributed by atoms with Gasteiger partial charge in [-0.15, -0.1) is 0 Å². The van der Waals surface area contributed by atoms with E-state index < -0.39 is 0 Å². The van der Waals surface area contributed by atoms with Crippen LogP contribution in [0, 0.1) is 0 Å². The Kier molecular flexibility index (Phi) is 1.32. The molecule has 0 spiro atoms. The fraction of sp³-hybridized carbons (Fsp3) is 0.600. The monoisotopic (exact) mass is 98.1 g/mol. The predicted molar refractivity (Wildman–Crippen MR) is 29.7 cm³/mol. The van der Waals surface area contributed by atoms with Crippen molar-refractivity contribution in [2.24, 2.45) is 0 Å². The van der Waals surface area contributed by atoms with Gasteiger partial charge in [-0.25, -0.2) is 0 Å². The largest absolute Gasteiger partial charge is 0.379 e. The minimum Gasteiger partial charge on any atom is -0.379 e. The summed E-state index contributed by atoms with van der Waals surface area (Å²) in [6, 6.07) is 0.543. The summed E-state index contributed by atoms with van der Waals surface area (Å²) >= 11 is 0. The van der Waals surface area contributed by atoms with Crippen LogP contribution in [0.15, 0.2) is 12.3 Å². The molecule has 0 radical (unpaired) electrons. The van der Waals surface area contributed by atoms with Crippen LogP contribution in [-0.2, 0) is 0 Å². The van der Waals surface area contributed by atoms with E-state index in [9.17, 15) is 0 Å². The third kappa shape index (κ3) is 1.20. The molecule has 0 amide bonds. The number of rotatable bonds is 0. The molecule has 2 nitrogen and oxygen atoms in total. The summed E-state index contributed by atoms with van der Waals surface area (Å²) in [7, 11) is 0. The van der Waals surface area contributed by atoms with Crippen LogP contribution >= 0.6 is 0 Å². The van der Waals surface area contributed by atoms with Gasteiger partial charge in [0.2, 0.25) is 0 Å². The third-order valence-electron chi connectivity index (χ3n) is 1.03. The lowest BCUT2D eigenvalue weighted by Gasteiger charge is -2.13. The highest BCUT2D eigenvalue weighted by Gasteiger charge is 1.95. The third-order valence-corrected chi connectivity index (χ3v) is 1.03. The average Bonchev–Trinajstić information content (AvgIpc) is 1.69. The summed E-state index contributed by atoms with van der Waals surface area (Å²) in [5, 5.41) is 6.21. The Morgan fingerprint density at radius 2 is 2.57 bits per heavy atom. The Morgan fingerprint density at radius 1 is 1.71 bits per heavy atom. The predicted octanol–water partition coefficient (Wildman–Crippen LogP) is 0.0389. The first-order chi connectivity index (χ1) is 3.39. The maximum absolute atomic E-state index is 3.18. The van der Waals surface area contributed by atoms with Crippen molar-refractivity contribution in [2.45, 2.75) is 13.0 Å². The van der Waals surface area contributed by atoms with Crippen molar-refractivity contribution in [1.29, 1.82) is 0 Å². The van der Waals surface area contributed by atoms with E-state index in [1.807, 2.05) is 6.20 Å². The second kappa shape index (κ2) is 1.98. The van der Waals surface area contributed by atoms with Crippen molar-refractivity contribution in [3.63, 3.8) is 0 Å². The van der Waals surface area contributed by atoms with E-state index >= 15 is 0 Å². The number of hydrogen-bond acceptors (Lipinski definition) is 2. The molecule has 0 saturated heterocycles. The molecule has 2 heteroatoms. The van der Waals surface area contributed by atoms with Gasteiger partial charge in [-0.3, -0.25) is 5.32 Å². The van der Waals surface area contributed by atoms with E-state index in [4.69, 9.17) is 0 Å². The Hall–Kier alpha value is -0.500. The minimum atomic E-state index is 0.543. The molecule has 0 aromatic carbocycles. The average molecular weight is 98.1 g/mol. The SMILES string of the molecule is CC1C=CNCN1. The first kappa shape index (κ1) is 4.65. The van der Waals surface area contributed by atoms with Gasteiger partial charge in [0.1, 0.15) is 0 Å². The Morgan fingerprint density at radius 3 is 2.86 bits per heavy atom. The molecule has 1 unspecified atom stereocenters. The molecule has 40 valence electrons. The van der Waals surface area contributed by atoms with Crippen LogP contribution in [-0.4, -0.2) is 12.7 Å². The van der Waals surface area contributed by atoms with Crippen molar-refractivity contribution in [2.75, 3.05) is 6.67 Å². The van der Waals surface area contributed by atoms with E-state index in [0.29, 0.717) is 6.04 Å². The highest BCUT2D eigenvalue weighted by molar-refractivity contribution is 4.92. The molecule has 0 aromatic heterocycles. The van der Waals surface area contributed by atoms with Crippen LogP contribution in [0.1, 0.15) is 6.92 Å². The maximum atomic E-state index is 3.18. The van der Waals surface area contributed by atoms with Gasteiger partial charge in [-0.05, 0) is 13.1 Å². The lowest BCUT2D eigenvalue weighted by molar-refractivity contribution is 0.574. The molecule has 1 aliphatic heterocycles. The van der Waals surface area contributed by atoms with E-state index in [0.717, 1.165) is 6.67 Å². The zero-order chi connectivity index (χ0) is 5.11. The van der Waals surface area contributed by atoms with E-state index in [1.54, 1.807) is 0 Å². The van der Waals surface area contributed by atoms with Crippen molar-refractivity contribution in [1.82, 2.24) is 10.6 Å². The zero-order valence-electron chi connectivity index (χ0n) is 4.44. The maximum Gasteiger partial charge on any atom is 0.0652 e. The van der Waals surface area contributed by atoms with Gasteiger partial charge < -0.3 is 5.32 Å². The highest BCUT2D eigenvalue weighted by atomic mass is 15.1. The normalized spacial score (nSPS) is 29.6. The standard InChI is InChI=1S/C5H10N2/c1-5-2-3-6-4-7-5/h2-3,5-7H,4H2,1H3. The van der Waals surface area contributed by atoms with Gasteiger partial charge >= 0.3 is 0 Å². The second-order valence-electron chi connectivity index (χ2n) is 1.73. The Balaban J connectivity index is 2.36. The summed E-state index contributed by atoms with van der Waals surface area (Å²) < 4.78 is 0. The van der Waals surface area contributed by atoms with Crippen LogP contribution < -0.4 is 10.6 Å². The van der Waals surface area contributed by atoms with Crippen LogP contribution in [0.3, 0.4) is 0 Å². The first-order valence-corrected chi connectivity index (χ1v) is 2.53. The van der Waals surface area contributed by atoms with Crippen molar-refractivity contribution < 1.29 is 0 Å². The molecule has 0 aliphatic carbocycles. The molecule has 0 aromatic rings. The van der Waals surface area contributed by atoms with Gasteiger partial charge in [0.15, 0.2) is 0 Å². The van der Waals surface area contributed by atoms with Crippen LogP contribution in [0.2, 0.25) is 0 Å². The molecular weight excluding hydrogens is 88.1 g/mol. The van der Waals surface area contributed by atoms with Gasteiger partial charge in [0.05, 0.1) is 6.67 Å². The Bertz CT molecular complexity index is 78.1. The molecular formula is C5H10N2. The fourth-order valence-electron chi connectivity index (χ4n) is 0.559. The quantitative estimate of drug-likeness (QED) is 0.447. The zero-order valence-corrected chi connectivity index (χ0v) is 4.44. The minimum absolute atomic E-state index is 0.543. The molecule has 2 N–H and O–H groups in total. The smallest absolute Gasteiger partial charge is 0.0652 e. The van der Waals surface area contributed by atoms with Crippen molar-refractivity contribution in [3.8, 4) is 0 Å². The molecule has 0 bridgehead atoms. The van der Waals surface area contributed by atoms with Gasteiger partial charge in [-0.2, -0.15) is 0 Å². The topological polar surface area (TPSA) is 24.1 Å².